The fourth-order valence-electron chi connectivity index (χ4n) is 3.20. The van der Waals surface area contributed by atoms with Gasteiger partial charge in [-0.15, -0.1) is 0 Å². The van der Waals surface area contributed by atoms with Crippen molar-refractivity contribution in [2.45, 2.75) is 31.4 Å². The van der Waals surface area contributed by atoms with Crippen LogP contribution in [0.2, 0.25) is 0 Å². The minimum absolute atomic E-state index is 0.140. The Morgan fingerprint density at radius 3 is 2.85 bits per heavy atom. The van der Waals surface area contributed by atoms with Gasteiger partial charge in [-0.1, -0.05) is 6.07 Å². The van der Waals surface area contributed by atoms with Crippen LogP contribution >= 0.6 is 0 Å². The van der Waals surface area contributed by atoms with Crippen LogP contribution < -0.4 is 5.32 Å². The molecule has 1 amide bonds. The summed E-state index contributed by atoms with van der Waals surface area (Å²) in [4.78, 5) is 14.2. The van der Waals surface area contributed by atoms with Crippen molar-refractivity contribution in [1.29, 1.82) is 0 Å². The molecule has 1 unspecified atom stereocenters. The van der Waals surface area contributed by atoms with Crippen molar-refractivity contribution < 1.29 is 23.1 Å². The summed E-state index contributed by atoms with van der Waals surface area (Å²) in [5.74, 6) is -1.42. The summed E-state index contributed by atoms with van der Waals surface area (Å²) in [6.45, 7) is 1.34. The Labute approximate surface area is 150 Å². The number of carbonyl (C=O) groups is 1. The molecular weight excluding hydrogens is 342 g/mol. The van der Waals surface area contributed by atoms with E-state index in [1.807, 2.05) is 12.1 Å². The Morgan fingerprint density at radius 2 is 2.12 bits per heavy atom. The van der Waals surface area contributed by atoms with Gasteiger partial charge in [0.1, 0.15) is 5.76 Å². The summed E-state index contributed by atoms with van der Waals surface area (Å²) in [6, 6.07) is 7.25. The summed E-state index contributed by atoms with van der Waals surface area (Å²) < 4.78 is 31.6. The van der Waals surface area contributed by atoms with Gasteiger partial charge >= 0.3 is 0 Å². The number of nitrogens with zero attached hydrogens (tertiary/aromatic N) is 1. The zero-order chi connectivity index (χ0) is 18.6. The molecule has 140 valence electrons. The van der Waals surface area contributed by atoms with Crippen LogP contribution in [0.5, 0.6) is 0 Å². The van der Waals surface area contributed by atoms with Crippen LogP contribution in [-0.2, 0) is 17.8 Å². The Kier molecular flexibility index (Phi) is 5.68. The molecule has 1 atom stereocenters. The smallest absolute Gasteiger partial charge is 0.256 e. The SMILES string of the molecule is O=C1N(Cc2ccc(F)c(F)c2)CCCC1(O)CNCCc1ccco1. The first-order valence-corrected chi connectivity index (χ1v) is 8.67. The minimum atomic E-state index is -1.49. The van der Waals surface area contributed by atoms with Crippen molar-refractivity contribution in [2.24, 2.45) is 0 Å². The summed E-state index contributed by atoms with van der Waals surface area (Å²) >= 11 is 0. The van der Waals surface area contributed by atoms with Crippen LogP contribution in [0, 0.1) is 11.6 Å². The molecule has 2 heterocycles. The molecule has 1 aliphatic rings. The maximum absolute atomic E-state index is 13.4. The van der Waals surface area contributed by atoms with Gasteiger partial charge in [-0.25, -0.2) is 8.78 Å². The summed E-state index contributed by atoms with van der Waals surface area (Å²) in [7, 11) is 0. The van der Waals surface area contributed by atoms with E-state index < -0.39 is 17.2 Å². The zero-order valence-corrected chi connectivity index (χ0v) is 14.4. The fraction of sp³-hybridized carbons (Fsp3) is 0.421. The van der Waals surface area contributed by atoms with Crippen molar-refractivity contribution in [3.05, 3.63) is 59.6 Å². The van der Waals surface area contributed by atoms with Gasteiger partial charge in [-0.3, -0.25) is 4.79 Å². The first-order valence-electron chi connectivity index (χ1n) is 8.67. The Hall–Kier alpha value is -2.25. The molecule has 1 saturated heterocycles. The monoisotopic (exact) mass is 364 g/mol. The summed E-state index contributed by atoms with van der Waals surface area (Å²) in [5, 5.41) is 13.8. The zero-order valence-electron chi connectivity index (χ0n) is 14.4. The molecule has 1 aromatic heterocycles. The van der Waals surface area contributed by atoms with Crippen LogP contribution in [0.15, 0.2) is 41.0 Å². The highest BCUT2D eigenvalue weighted by atomic mass is 19.2. The van der Waals surface area contributed by atoms with Gasteiger partial charge in [0.2, 0.25) is 0 Å². The normalized spacial score (nSPS) is 20.6. The largest absolute Gasteiger partial charge is 0.469 e. The number of benzene rings is 1. The number of carbonyl (C=O) groups excluding carboxylic acids is 1. The number of piperidine rings is 1. The third-order valence-electron chi connectivity index (χ3n) is 4.61. The quantitative estimate of drug-likeness (QED) is 0.740. The second-order valence-electron chi connectivity index (χ2n) is 6.62. The minimum Gasteiger partial charge on any atom is -0.469 e. The number of aliphatic hydroxyl groups is 1. The van der Waals surface area contributed by atoms with E-state index in [0.29, 0.717) is 37.9 Å². The van der Waals surface area contributed by atoms with Crippen LogP contribution in [0.1, 0.15) is 24.2 Å². The predicted octanol–water partition coefficient (Wildman–Crippen LogP) is 2.24. The molecule has 26 heavy (non-hydrogen) atoms. The number of likely N-dealkylation sites (tertiary alicyclic amines) is 1. The lowest BCUT2D eigenvalue weighted by Gasteiger charge is -2.38. The van der Waals surface area contributed by atoms with Crippen LogP contribution in [-0.4, -0.2) is 41.1 Å². The molecule has 1 fully saturated rings. The molecule has 2 N–H and O–H groups in total. The van der Waals surface area contributed by atoms with E-state index in [1.54, 1.807) is 6.26 Å². The molecule has 5 nitrogen and oxygen atoms in total. The van der Waals surface area contributed by atoms with Crippen molar-refractivity contribution in [3.63, 3.8) is 0 Å². The van der Waals surface area contributed by atoms with Crippen LogP contribution in [0.25, 0.3) is 0 Å². The molecule has 0 spiro atoms. The molecule has 0 saturated carbocycles. The maximum Gasteiger partial charge on any atom is 0.256 e. The lowest BCUT2D eigenvalue weighted by molar-refractivity contribution is -0.157. The Balaban J connectivity index is 1.56. The number of halogens is 2. The lowest BCUT2D eigenvalue weighted by atomic mass is 9.91. The average Bonchev–Trinajstić information content (AvgIpc) is 3.13. The van der Waals surface area contributed by atoms with Crippen LogP contribution in [0.4, 0.5) is 8.78 Å². The standard InChI is InChI=1S/C19H22F2N2O3/c20-16-5-4-14(11-17(16)21)12-23-9-2-7-19(25,18(23)24)13-22-8-6-15-3-1-10-26-15/h1,3-5,10-11,22,25H,2,6-9,12-13H2. The van der Waals surface area contributed by atoms with Gasteiger partial charge in [0, 0.05) is 32.6 Å². The van der Waals surface area contributed by atoms with Crippen molar-refractivity contribution >= 4 is 5.91 Å². The van der Waals surface area contributed by atoms with E-state index in [0.717, 1.165) is 17.9 Å². The van der Waals surface area contributed by atoms with E-state index in [4.69, 9.17) is 4.42 Å². The van der Waals surface area contributed by atoms with Gasteiger partial charge < -0.3 is 19.7 Å². The molecular formula is C19H22F2N2O3. The summed E-state index contributed by atoms with van der Waals surface area (Å²) in [6.07, 6.45) is 3.28. The number of nitrogens with one attached hydrogen (secondary N) is 1. The fourth-order valence-corrected chi connectivity index (χ4v) is 3.20. The molecule has 1 aliphatic heterocycles. The van der Waals surface area contributed by atoms with Crippen molar-refractivity contribution in [1.82, 2.24) is 10.2 Å². The molecule has 3 rings (SSSR count). The van der Waals surface area contributed by atoms with Gasteiger partial charge in [-0.2, -0.15) is 0 Å². The Bertz CT molecular complexity index is 751. The van der Waals surface area contributed by atoms with E-state index in [9.17, 15) is 18.7 Å². The third kappa shape index (κ3) is 4.28. The van der Waals surface area contributed by atoms with Crippen molar-refractivity contribution in [2.75, 3.05) is 19.6 Å². The van der Waals surface area contributed by atoms with E-state index in [-0.39, 0.29) is 19.0 Å². The number of hydrogen-bond donors (Lipinski definition) is 2. The molecule has 7 heteroatoms. The third-order valence-corrected chi connectivity index (χ3v) is 4.61. The Morgan fingerprint density at radius 1 is 1.27 bits per heavy atom. The second-order valence-corrected chi connectivity index (χ2v) is 6.62. The van der Waals surface area contributed by atoms with Crippen LogP contribution in [0.3, 0.4) is 0 Å². The molecule has 0 radical (unpaired) electrons. The lowest BCUT2D eigenvalue weighted by Crippen LogP contribution is -2.57. The molecule has 2 aromatic rings. The molecule has 1 aromatic carbocycles. The predicted molar refractivity (Wildman–Crippen MR) is 91.2 cm³/mol. The summed E-state index contributed by atoms with van der Waals surface area (Å²) in [5.41, 5.74) is -0.993. The molecule has 0 bridgehead atoms. The highest BCUT2D eigenvalue weighted by molar-refractivity contribution is 5.86. The van der Waals surface area contributed by atoms with Crippen molar-refractivity contribution in [3.8, 4) is 0 Å². The molecule has 0 aliphatic carbocycles. The topological polar surface area (TPSA) is 65.7 Å². The number of amides is 1. The average molecular weight is 364 g/mol. The first kappa shape index (κ1) is 18.5. The highest BCUT2D eigenvalue weighted by Crippen LogP contribution is 2.24. The van der Waals surface area contributed by atoms with Gasteiger partial charge in [0.25, 0.3) is 5.91 Å². The van der Waals surface area contributed by atoms with Gasteiger partial charge in [-0.05, 0) is 42.7 Å². The van der Waals surface area contributed by atoms with Gasteiger partial charge in [0.05, 0.1) is 6.26 Å². The number of hydrogen-bond acceptors (Lipinski definition) is 4. The van der Waals surface area contributed by atoms with Gasteiger partial charge in [0.15, 0.2) is 17.2 Å². The maximum atomic E-state index is 13.4. The number of rotatable bonds is 7. The van der Waals surface area contributed by atoms with E-state index in [1.165, 1.54) is 11.0 Å². The number of furan rings is 1. The van der Waals surface area contributed by atoms with E-state index >= 15 is 0 Å². The second kappa shape index (κ2) is 7.97. The highest BCUT2D eigenvalue weighted by Gasteiger charge is 2.41. The first-order chi connectivity index (χ1) is 12.5. The van der Waals surface area contributed by atoms with E-state index in [2.05, 4.69) is 5.32 Å².